The van der Waals surface area contributed by atoms with Gasteiger partial charge in [-0.1, -0.05) is 38.3 Å². The lowest BCUT2D eigenvalue weighted by Crippen LogP contribution is -2.25. The number of carbonyl (C=O) groups is 1. The molecule has 0 spiro atoms. The summed E-state index contributed by atoms with van der Waals surface area (Å²) in [6.45, 7) is 2.61. The molecule has 1 aromatic heterocycles. The Labute approximate surface area is 159 Å². The van der Waals surface area contributed by atoms with Gasteiger partial charge < -0.3 is 10.1 Å². The highest BCUT2D eigenvalue weighted by atomic mass is 19.1. The topological polar surface area (TPSA) is 56.1 Å². The zero-order valence-corrected chi connectivity index (χ0v) is 16.1. The van der Waals surface area contributed by atoms with E-state index in [0.29, 0.717) is 17.9 Å². The summed E-state index contributed by atoms with van der Waals surface area (Å²) >= 11 is 0. The molecule has 1 N–H and O–H groups in total. The van der Waals surface area contributed by atoms with Gasteiger partial charge in [-0.25, -0.2) is 4.39 Å². The maximum absolute atomic E-state index is 14.6. The lowest BCUT2D eigenvalue weighted by Gasteiger charge is -2.11. The predicted octanol–water partition coefficient (Wildman–Crippen LogP) is 4.01. The Kier molecular flexibility index (Phi) is 6.48. The Bertz CT molecular complexity index is 784. The van der Waals surface area contributed by atoms with Gasteiger partial charge in [-0.3, -0.25) is 9.48 Å². The minimum absolute atomic E-state index is 0.107. The molecule has 0 saturated heterocycles. The first-order chi connectivity index (χ1) is 13.1. The van der Waals surface area contributed by atoms with Crippen molar-refractivity contribution in [3.05, 3.63) is 47.0 Å². The van der Waals surface area contributed by atoms with Gasteiger partial charge in [-0.2, -0.15) is 5.10 Å². The fourth-order valence-corrected chi connectivity index (χ4v) is 3.11. The molecular weight excluding hydrogens is 345 g/mol. The Morgan fingerprint density at radius 1 is 1.37 bits per heavy atom. The summed E-state index contributed by atoms with van der Waals surface area (Å²) in [5.74, 6) is 0.498. The van der Waals surface area contributed by atoms with Crippen LogP contribution in [0.25, 0.3) is 0 Å². The molecule has 5 nitrogen and oxygen atoms in total. The van der Waals surface area contributed by atoms with Crippen LogP contribution < -0.4 is 10.1 Å². The van der Waals surface area contributed by atoms with E-state index in [0.717, 1.165) is 30.9 Å². The van der Waals surface area contributed by atoms with Gasteiger partial charge in [0.2, 0.25) is 0 Å². The number of carbonyl (C=O) groups excluding carboxylic acids is 1. The van der Waals surface area contributed by atoms with Crippen LogP contribution in [0.3, 0.4) is 0 Å². The SMILES string of the molecule is CCc1cc(C(=O)NCc2cccc(OCCCCC3CC3)c2F)n(C)n1. The van der Waals surface area contributed by atoms with Crippen molar-refractivity contribution in [3.63, 3.8) is 0 Å². The molecule has 1 saturated carbocycles. The van der Waals surface area contributed by atoms with Crippen molar-refractivity contribution in [2.45, 2.75) is 52.0 Å². The van der Waals surface area contributed by atoms with Crippen LogP contribution in [0.5, 0.6) is 5.75 Å². The van der Waals surface area contributed by atoms with E-state index in [-0.39, 0.29) is 18.2 Å². The Morgan fingerprint density at radius 3 is 2.89 bits per heavy atom. The number of nitrogens with one attached hydrogen (secondary N) is 1. The number of unbranched alkanes of at least 4 members (excludes halogenated alkanes) is 1. The number of halogens is 1. The van der Waals surface area contributed by atoms with Crippen molar-refractivity contribution in [2.24, 2.45) is 13.0 Å². The number of rotatable bonds is 10. The zero-order valence-electron chi connectivity index (χ0n) is 16.1. The number of aromatic nitrogens is 2. The molecule has 1 fully saturated rings. The smallest absolute Gasteiger partial charge is 0.269 e. The van der Waals surface area contributed by atoms with E-state index in [1.807, 2.05) is 6.92 Å². The number of hydrogen-bond acceptors (Lipinski definition) is 3. The first kappa shape index (κ1) is 19.4. The summed E-state index contributed by atoms with van der Waals surface area (Å²) in [6.07, 6.45) is 6.81. The Morgan fingerprint density at radius 2 is 2.19 bits per heavy atom. The highest BCUT2D eigenvalue weighted by Gasteiger charge is 2.20. The third-order valence-corrected chi connectivity index (χ3v) is 4.97. The first-order valence-electron chi connectivity index (χ1n) is 9.79. The average molecular weight is 373 g/mol. The fourth-order valence-electron chi connectivity index (χ4n) is 3.11. The second-order valence-corrected chi connectivity index (χ2v) is 7.20. The average Bonchev–Trinajstić information content (AvgIpc) is 3.41. The highest BCUT2D eigenvalue weighted by Crippen LogP contribution is 2.33. The Hall–Kier alpha value is -2.37. The van der Waals surface area contributed by atoms with E-state index in [9.17, 15) is 9.18 Å². The third kappa shape index (κ3) is 5.31. The molecule has 1 amide bonds. The zero-order chi connectivity index (χ0) is 19.2. The van der Waals surface area contributed by atoms with E-state index in [4.69, 9.17) is 4.74 Å². The van der Waals surface area contributed by atoms with Crippen LogP contribution in [0.4, 0.5) is 4.39 Å². The fraction of sp³-hybridized carbons (Fsp3) is 0.524. The molecule has 3 rings (SSSR count). The molecule has 0 bridgehead atoms. The van der Waals surface area contributed by atoms with Crippen LogP contribution >= 0.6 is 0 Å². The van der Waals surface area contributed by atoms with Crippen molar-refractivity contribution < 1.29 is 13.9 Å². The molecule has 1 aromatic carbocycles. The monoisotopic (exact) mass is 373 g/mol. The van der Waals surface area contributed by atoms with Gasteiger partial charge in [0.15, 0.2) is 11.6 Å². The van der Waals surface area contributed by atoms with Gasteiger partial charge in [-0.15, -0.1) is 0 Å². The molecule has 0 unspecified atom stereocenters. The first-order valence-corrected chi connectivity index (χ1v) is 9.79. The summed E-state index contributed by atoms with van der Waals surface area (Å²) in [5, 5.41) is 7.02. The minimum atomic E-state index is -0.403. The van der Waals surface area contributed by atoms with Gasteiger partial charge in [0.05, 0.1) is 12.3 Å². The number of amides is 1. The molecule has 0 aliphatic heterocycles. The van der Waals surface area contributed by atoms with Crippen molar-refractivity contribution in [1.82, 2.24) is 15.1 Å². The second kappa shape index (κ2) is 9.02. The molecule has 6 heteroatoms. The van der Waals surface area contributed by atoms with E-state index in [1.54, 1.807) is 36.0 Å². The van der Waals surface area contributed by atoms with E-state index < -0.39 is 5.82 Å². The van der Waals surface area contributed by atoms with Crippen LogP contribution in [-0.4, -0.2) is 22.3 Å². The summed E-state index contributed by atoms with van der Waals surface area (Å²) in [4.78, 5) is 12.3. The molecule has 1 aliphatic carbocycles. The van der Waals surface area contributed by atoms with Crippen molar-refractivity contribution in [2.75, 3.05) is 6.61 Å². The van der Waals surface area contributed by atoms with Gasteiger partial charge in [0.25, 0.3) is 5.91 Å². The maximum atomic E-state index is 14.6. The lowest BCUT2D eigenvalue weighted by molar-refractivity contribution is 0.0941. The lowest BCUT2D eigenvalue weighted by atomic mass is 10.2. The van der Waals surface area contributed by atoms with Crippen molar-refractivity contribution in [3.8, 4) is 5.75 Å². The standard InChI is InChI=1S/C21H28FN3O2/c1-3-17-13-18(25(2)24-17)21(26)23-14-16-8-6-9-19(20(16)22)27-12-5-4-7-15-10-11-15/h6,8-9,13,15H,3-5,7,10-12,14H2,1-2H3,(H,23,26). The van der Waals surface area contributed by atoms with Crippen LogP contribution in [0.15, 0.2) is 24.3 Å². The second-order valence-electron chi connectivity index (χ2n) is 7.20. The molecule has 0 radical (unpaired) electrons. The van der Waals surface area contributed by atoms with Gasteiger partial charge in [0, 0.05) is 19.2 Å². The number of aryl methyl sites for hydroxylation is 2. The molecule has 1 aliphatic rings. The van der Waals surface area contributed by atoms with Gasteiger partial charge in [-0.05, 0) is 37.3 Å². The highest BCUT2D eigenvalue weighted by molar-refractivity contribution is 5.92. The Balaban J connectivity index is 1.51. The van der Waals surface area contributed by atoms with Crippen LogP contribution in [0.2, 0.25) is 0 Å². The summed E-state index contributed by atoms with van der Waals surface area (Å²) in [7, 11) is 1.73. The van der Waals surface area contributed by atoms with E-state index >= 15 is 0 Å². The van der Waals surface area contributed by atoms with Gasteiger partial charge in [0.1, 0.15) is 5.69 Å². The largest absolute Gasteiger partial charge is 0.491 e. The van der Waals surface area contributed by atoms with Gasteiger partial charge >= 0.3 is 0 Å². The minimum Gasteiger partial charge on any atom is -0.491 e. The molecule has 2 aromatic rings. The van der Waals surface area contributed by atoms with Crippen LogP contribution in [0, 0.1) is 11.7 Å². The van der Waals surface area contributed by atoms with Crippen LogP contribution in [-0.2, 0) is 20.0 Å². The van der Waals surface area contributed by atoms with E-state index in [2.05, 4.69) is 10.4 Å². The summed E-state index contributed by atoms with van der Waals surface area (Å²) in [5.41, 5.74) is 1.73. The summed E-state index contributed by atoms with van der Waals surface area (Å²) < 4.78 is 21.8. The third-order valence-electron chi connectivity index (χ3n) is 4.97. The number of benzene rings is 1. The number of nitrogens with zero attached hydrogens (tertiary/aromatic N) is 2. The van der Waals surface area contributed by atoms with Crippen molar-refractivity contribution >= 4 is 5.91 Å². The molecule has 27 heavy (non-hydrogen) atoms. The van der Waals surface area contributed by atoms with E-state index in [1.165, 1.54) is 19.3 Å². The maximum Gasteiger partial charge on any atom is 0.269 e. The molecular formula is C21H28FN3O2. The number of ether oxygens (including phenoxy) is 1. The molecule has 146 valence electrons. The molecule has 1 heterocycles. The van der Waals surface area contributed by atoms with Crippen LogP contribution in [0.1, 0.15) is 60.8 Å². The quantitative estimate of drug-likeness (QED) is 0.640. The van der Waals surface area contributed by atoms with Crippen molar-refractivity contribution in [1.29, 1.82) is 0 Å². The predicted molar refractivity (Wildman–Crippen MR) is 102 cm³/mol. The normalized spacial score (nSPS) is 13.6. The summed E-state index contributed by atoms with van der Waals surface area (Å²) in [6, 6.07) is 6.81. The molecule has 0 atom stereocenters. The number of hydrogen-bond donors (Lipinski definition) is 1.